The van der Waals surface area contributed by atoms with Gasteiger partial charge >= 0.3 is 5.92 Å². The van der Waals surface area contributed by atoms with E-state index in [0.717, 1.165) is 27.8 Å². The molecule has 5 nitrogen and oxygen atoms in total. The predicted molar refractivity (Wildman–Crippen MR) is 104 cm³/mol. The van der Waals surface area contributed by atoms with E-state index in [1.54, 1.807) is 24.4 Å². The van der Waals surface area contributed by atoms with Crippen LogP contribution in [0.25, 0.3) is 10.9 Å². The number of benzene rings is 2. The minimum absolute atomic E-state index is 0.209. The monoisotopic (exact) mass is 481 g/mol. The van der Waals surface area contributed by atoms with Gasteiger partial charge in [-0.3, -0.25) is 5.10 Å². The predicted octanol–water partition coefficient (Wildman–Crippen LogP) is 4.98. The molecule has 0 unspecified atom stereocenters. The van der Waals surface area contributed by atoms with E-state index >= 15 is 8.78 Å². The number of hydrogen-bond donors (Lipinski definition) is 2. The number of rotatable bonds is 4. The van der Waals surface area contributed by atoms with Crippen LogP contribution in [-0.4, -0.2) is 20.2 Å². The lowest BCUT2D eigenvalue weighted by molar-refractivity contribution is 0.0333. The van der Waals surface area contributed by atoms with Gasteiger partial charge < -0.3 is 5.32 Å². The van der Waals surface area contributed by atoms with Crippen molar-refractivity contribution in [3.63, 3.8) is 0 Å². The van der Waals surface area contributed by atoms with E-state index in [1.165, 1.54) is 0 Å². The van der Waals surface area contributed by atoms with Gasteiger partial charge in [0.1, 0.15) is 11.6 Å². The van der Waals surface area contributed by atoms with Crippen LogP contribution in [0.2, 0.25) is 0 Å². The lowest BCUT2D eigenvalue weighted by atomic mass is 10.1. The van der Waals surface area contributed by atoms with Crippen LogP contribution in [0.3, 0.4) is 0 Å². The fraction of sp³-hybridized carbons (Fsp3) is 0.0556. The Balaban J connectivity index is 1.88. The van der Waals surface area contributed by atoms with Crippen molar-refractivity contribution in [1.29, 1.82) is 0 Å². The first-order chi connectivity index (χ1) is 12.9. The molecule has 0 aliphatic rings. The zero-order valence-electron chi connectivity index (χ0n) is 13.5. The van der Waals surface area contributed by atoms with Crippen molar-refractivity contribution in [3.8, 4) is 0 Å². The van der Waals surface area contributed by atoms with E-state index in [0.29, 0.717) is 16.7 Å². The van der Waals surface area contributed by atoms with E-state index in [2.05, 4.69) is 48.1 Å². The second-order valence-electron chi connectivity index (χ2n) is 5.72. The highest BCUT2D eigenvalue weighted by Crippen LogP contribution is 2.36. The zero-order valence-corrected chi connectivity index (χ0v) is 15.7. The highest BCUT2D eigenvalue weighted by atomic mass is 127. The number of fused-ring (bicyclic) bond motifs is 1. The maximum absolute atomic E-state index is 15.0. The molecule has 0 saturated carbocycles. The normalized spacial score (nSPS) is 11.7. The molecule has 27 heavy (non-hydrogen) atoms. The molecule has 2 aromatic heterocycles. The minimum Gasteiger partial charge on any atom is -0.323 e. The Labute approximate surface area is 165 Å². The van der Waals surface area contributed by atoms with Crippen LogP contribution in [0.1, 0.15) is 11.4 Å². The molecule has 4 aromatic rings. The molecular formula is C18H11F3IN5. The molecule has 0 aliphatic carbocycles. The standard InChI is InChI=1S/C18H11F3IN5/c19-11-3-1-10(2-4-11)18(20,21)17-24-14-9-12(22)5-6-13(14)16(26-17)25-15-7-8-23-27-15/h1-9H,(H2,23,24,25,26,27). The van der Waals surface area contributed by atoms with Crippen LogP contribution < -0.4 is 5.32 Å². The molecule has 0 fully saturated rings. The summed E-state index contributed by atoms with van der Waals surface area (Å²) in [5.41, 5.74) is -0.0219. The molecule has 0 atom stereocenters. The number of nitrogens with one attached hydrogen (secondary N) is 2. The average molecular weight is 481 g/mol. The molecule has 0 radical (unpaired) electrons. The summed E-state index contributed by atoms with van der Waals surface area (Å²) in [6.07, 6.45) is 1.60. The maximum Gasteiger partial charge on any atom is 0.331 e. The Hall–Kier alpha value is -2.69. The number of alkyl halides is 2. The minimum atomic E-state index is -3.49. The number of nitrogens with zero attached hydrogens (tertiary/aromatic N) is 3. The van der Waals surface area contributed by atoms with Crippen LogP contribution in [0, 0.1) is 9.39 Å². The number of hydrogen-bond acceptors (Lipinski definition) is 4. The average Bonchev–Trinajstić information content (AvgIpc) is 3.14. The van der Waals surface area contributed by atoms with E-state index in [9.17, 15) is 4.39 Å². The molecule has 136 valence electrons. The van der Waals surface area contributed by atoms with Crippen LogP contribution in [0.15, 0.2) is 54.7 Å². The number of anilines is 2. The quantitative estimate of drug-likeness (QED) is 0.404. The molecule has 0 spiro atoms. The Morgan fingerprint density at radius 2 is 1.78 bits per heavy atom. The summed E-state index contributed by atoms with van der Waals surface area (Å²) in [5.74, 6) is -4.12. The molecule has 4 rings (SSSR count). The first kappa shape index (κ1) is 17.7. The van der Waals surface area contributed by atoms with Gasteiger partial charge in [0, 0.05) is 26.8 Å². The number of aromatic nitrogens is 4. The number of H-pyrrole nitrogens is 1. The molecular weight excluding hydrogens is 470 g/mol. The van der Waals surface area contributed by atoms with Crippen molar-refractivity contribution in [2.45, 2.75) is 5.92 Å². The van der Waals surface area contributed by atoms with Crippen LogP contribution in [0.5, 0.6) is 0 Å². The van der Waals surface area contributed by atoms with E-state index in [-0.39, 0.29) is 11.4 Å². The van der Waals surface area contributed by atoms with Crippen LogP contribution in [0.4, 0.5) is 24.8 Å². The van der Waals surface area contributed by atoms with Gasteiger partial charge in [-0.1, -0.05) is 0 Å². The fourth-order valence-electron chi connectivity index (χ4n) is 2.58. The maximum atomic E-state index is 15.0. The van der Waals surface area contributed by atoms with Gasteiger partial charge in [-0.25, -0.2) is 14.4 Å². The summed E-state index contributed by atoms with van der Waals surface area (Å²) < 4.78 is 44.0. The summed E-state index contributed by atoms with van der Waals surface area (Å²) in [6.45, 7) is 0. The molecule has 0 bridgehead atoms. The van der Waals surface area contributed by atoms with Gasteiger partial charge in [0.15, 0.2) is 5.82 Å². The first-order valence-electron chi connectivity index (χ1n) is 7.82. The highest BCUT2D eigenvalue weighted by Gasteiger charge is 2.38. The summed E-state index contributed by atoms with van der Waals surface area (Å²) in [4.78, 5) is 8.12. The van der Waals surface area contributed by atoms with E-state index in [4.69, 9.17) is 0 Å². The highest BCUT2D eigenvalue weighted by molar-refractivity contribution is 14.1. The molecule has 2 N–H and O–H groups in total. The van der Waals surface area contributed by atoms with Gasteiger partial charge in [-0.2, -0.15) is 13.9 Å². The van der Waals surface area contributed by atoms with E-state index < -0.39 is 17.6 Å². The van der Waals surface area contributed by atoms with E-state index in [1.807, 2.05) is 6.07 Å². The fourth-order valence-corrected chi connectivity index (χ4v) is 3.05. The second kappa shape index (κ2) is 6.80. The summed E-state index contributed by atoms with van der Waals surface area (Å²) >= 11 is 2.08. The lowest BCUT2D eigenvalue weighted by Gasteiger charge is -2.17. The SMILES string of the molecule is Fc1ccc(C(F)(F)c2nc(Nc3cc[nH]n3)c3ccc(I)cc3n2)cc1. The Kier molecular flexibility index (Phi) is 4.46. The van der Waals surface area contributed by atoms with Gasteiger partial charge in [-0.05, 0) is 65.1 Å². The molecule has 0 aliphatic heterocycles. The third-order valence-corrected chi connectivity index (χ3v) is 4.56. The Morgan fingerprint density at radius 3 is 2.48 bits per heavy atom. The largest absolute Gasteiger partial charge is 0.331 e. The third-order valence-electron chi connectivity index (χ3n) is 3.89. The van der Waals surface area contributed by atoms with Gasteiger partial charge in [0.2, 0.25) is 5.82 Å². The van der Waals surface area contributed by atoms with Gasteiger partial charge in [0.05, 0.1) is 5.52 Å². The number of aromatic amines is 1. The van der Waals surface area contributed by atoms with Crippen molar-refractivity contribution in [3.05, 3.63) is 75.5 Å². The van der Waals surface area contributed by atoms with Crippen molar-refractivity contribution in [2.24, 2.45) is 0 Å². The van der Waals surface area contributed by atoms with Crippen molar-refractivity contribution >= 4 is 45.1 Å². The topological polar surface area (TPSA) is 66.5 Å². The zero-order chi connectivity index (χ0) is 19.0. The molecule has 2 heterocycles. The number of halogens is 4. The Bertz CT molecular complexity index is 1100. The first-order valence-corrected chi connectivity index (χ1v) is 8.90. The summed E-state index contributed by atoms with van der Waals surface area (Å²) in [7, 11) is 0. The summed E-state index contributed by atoms with van der Waals surface area (Å²) in [5, 5.41) is 10.1. The Morgan fingerprint density at radius 1 is 1.00 bits per heavy atom. The second-order valence-corrected chi connectivity index (χ2v) is 6.97. The molecule has 0 saturated heterocycles. The van der Waals surface area contributed by atoms with Crippen molar-refractivity contribution < 1.29 is 13.2 Å². The summed E-state index contributed by atoms with van der Waals surface area (Å²) in [6, 6.07) is 10.9. The van der Waals surface area contributed by atoms with Crippen LogP contribution in [-0.2, 0) is 5.92 Å². The van der Waals surface area contributed by atoms with Crippen LogP contribution >= 0.6 is 22.6 Å². The van der Waals surface area contributed by atoms with Gasteiger partial charge in [-0.15, -0.1) is 0 Å². The van der Waals surface area contributed by atoms with Crippen molar-refractivity contribution in [1.82, 2.24) is 20.2 Å². The molecule has 2 aromatic carbocycles. The lowest BCUT2D eigenvalue weighted by Crippen LogP contribution is -2.20. The third kappa shape index (κ3) is 3.46. The molecule has 9 heteroatoms. The van der Waals surface area contributed by atoms with Crippen molar-refractivity contribution in [2.75, 3.05) is 5.32 Å². The molecule has 0 amide bonds. The van der Waals surface area contributed by atoms with Gasteiger partial charge in [0.25, 0.3) is 0 Å². The smallest absolute Gasteiger partial charge is 0.323 e.